The van der Waals surface area contributed by atoms with Gasteiger partial charge in [0, 0.05) is 13.2 Å². The molecule has 0 rings (SSSR count). The third kappa shape index (κ3) is 35.7. The fourth-order valence-corrected chi connectivity index (χ4v) is 5.55. The molecule has 0 aliphatic heterocycles. The van der Waals surface area contributed by atoms with Gasteiger partial charge in [-0.1, -0.05) is 181 Å². The van der Waals surface area contributed by atoms with E-state index in [4.69, 9.17) is 14.2 Å². The normalized spacial score (nSPS) is 12.2. The van der Waals surface area contributed by atoms with Crippen LogP contribution in [-0.2, 0) is 19.0 Å². The van der Waals surface area contributed by atoms with E-state index in [-0.39, 0.29) is 12.7 Å². The van der Waals surface area contributed by atoms with Crippen molar-refractivity contribution in [3.8, 4) is 0 Å². The fourth-order valence-electron chi connectivity index (χ4n) is 5.55. The Kier molecular flexibility index (Phi) is 37.2. The third-order valence-corrected chi connectivity index (χ3v) is 8.29. The summed E-state index contributed by atoms with van der Waals surface area (Å²) in [5.74, 6) is 0. The van der Waals surface area contributed by atoms with Gasteiger partial charge in [-0.3, -0.25) is 0 Å². The molecule has 0 saturated heterocycles. The Morgan fingerprint density at radius 1 is 0.415 bits per heavy atom. The van der Waals surface area contributed by atoms with Crippen molar-refractivity contribution >= 4 is 6.29 Å². The van der Waals surface area contributed by atoms with Crippen LogP contribution in [0.5, 0.6) is 0 Å². The van der Waals surface area contributed by atoms with Gasteiger partial charge in [0.1, 0.15) is 19.0 Å². The highest BCUT2D eigenvalue weighted by molar-refractivity contribution is 5.50. The largest absolute Gasteiger partial charge is 0.379 e. The molecular formula is C37H74O4. The summed E-state index contributed by atoms with van der Waals surface area (Å²) >= 11 is 0. The van der Waals surface area contributed by atoms with E-state index < -0.39 is 0 Å². The van der Waals surface area contributed by atoms with E-state index in [0.29, 0.717) is 13.2 Å². The molecule has 0 saturated carbocycles. The van der Waals surface area contributed by atoms with Gasteiger partial charge in [-0.2, -0.15) is 0 Å². The number of hydrogen-bond acceptors (Lipinski definition) is 4. The Morgan fingerprint density at radius 2 is 0.732 bits per heavy atom. The monoisotopic (exact) mass is 583 g/mol. The quantitative estimate of drug-likeness (QED) is 0.0540. The van der Waals surface area contributed by atoms with Crippen molar-refractivity contribution in [1.29, 1.82) is 0 Å². The number of unbranched alkanes of at least 4 members (excludes halogenated alkanes) is 26. The first-order valence-corrected chi connectivity index (χ1v) is 18.6. The van der Waals surface area contributed by atoms with Gasteiger partial charge >= 0.3 is 0 Å². The minimum Gasteiger partial charge on any atom is -0.379 e. The van der Waals surface area contributed by atoms with Crippen LogP contribution >= 0.6 is 0 Å². The lowest BCUT2D eigenvalue weighted by Crippen LogP contribution is -2.27. The van der Waals surface area contributed by atoms with E-state index >= 15 is 0 Å². The molecule has 246 valence electrons. The van der Waals surface area contributed by atoms with Crippen LogP contribution < -0.4 is 0 Å². The smallest absolute Gasteiger partial charge is 0.145 e. The Morgan fingerprint density at radius 3 is 1.10 bits per heavy atom. The molecule has 0 fully saturated rings. The van der Waals surface area contributed by atoms with Crippen molar-refractivity contribution in [2.24, 2.45) is 0 Å². The average Bonchev–Trinajstić information content (AvgIpc) is 2.98. The van der Waals surface area contributed by atoms with Crippen molar-refractivity contribution in [1.82, 2.24) is 0 Å². The molecular weight excluding hydrogens is 508 g/mol. The highest BCUT2D eigenvalue weighted by Gasteiger charge is 2.10. The molecule has 4 nitrogen and oxygen atoms in total. The van der Waals surface area contributed by atoms with Gasteiger partial charge in [0.25, 0.3) is 0 Å². The summed E-state index contributed by atoms with van der Waals surface area (Å²) in [6, 6.07) is 0. The van der Waals surface area contributed by atoms with Gasteiger partial charge in [0.15, 0.2) is 0 Å². The van der Waals surface area contributed by atoms with Crippen LogP contribution in [0.3, 0.4) is 0 Å². The Hall–Kier alpha value is -0.450. The van der Waals surface area contributed by atoms with Crippen LogP contribution in [0.1, 0.15) is 194 Å². The molecule has 0 heterocycles. The second kappa shape index (κ2) is 37.6. The number of carbonyl (C=O) groups is 1. The van der Waals surface area contributed by atoms with E-state index in [1.165, 1.54) is 167 Å². The van der Waals surface area contributed by atoms with Crippen LogP contribution in [0.2, 0.25) is 0 Å². The summed E-state index contributed by atoms with van der Waals surface area (Å²) in [6.07, 6.45) is 39.1. The van der Waals surface area contributed by atoms with Crippen molar-refractivity contribution in [2.45, 2.75) is 200 Å². The first kappa shape index (κ1) is 40.5. The van der Waals surface area contributed by atoms with Crippen molar-refractivity contribution in [3.63, 3.8) is 0 Å². The number of hydrogen-bond donors (Lipinski definition) is 0. The van der Waals surface area contributed by atoms with Gasteiger partial charge in [-0.15, -0.1) is 0 Å². The van der Waals surface area contributed by atoms with Gasteiger partial charge in [0.05, 0.1) is 13.2 Å². The van der Waals surface area contributed by atoms with E-state index in [1.807, 2.05) is 0 Å². The van der Waals surface area contributed by atoms with E-state index in [1.54, 1.807) is 0 Å². The molecule has 4 heteroatoms. The summed E-state index contributed by atoms with van der Waals surface area (Å²) in [6.45, 7) is 7.27. The highest BCUT2D eigenvalue weighted by Crippen LogP contribution is 2.14. The molecule has 1 atom stereocenters. The molecule has 1 unspecified atom stereocenters. The van der Waals surface area contributed by atoms with Crippen LogP contribution in [0.4, 0.5) is 0 Å². The van der Waals surface area contributed by atoms with Crippen molar-refractivity contribution < 1.29 is 19.0 Å². The zero-order chi connectivity index (χ0) is 29.7. The minimum atomic E-state index is -0.0661. The molecule has 0 bridgehead atoms. The number of aldehydes is 1. The Bertz CT molecular complexity index is 470. The first-order valence-electron chi connectivity index (χ1n) is 18.6. The molecule has 0 aliphatic carbocycles. The molecule has 41 heavy (non-hydrogen) atoms. The van der Waals surface area contributed by atoms with E-state index in [0.717, 1.165) is 32.3 Å². The van der Waals surface area contributed by atoms with Gasteiger partial charge in [-0.05, 0) is 12.8 Å². The maximum Gasteiger partial charge on any atom is 0.145 e. The van der Waals surface area contributed by atoms with Crippen LogP contribution in [0, 0.1) is 0 Å². The van der Waals surface area contributed by atoms with Crippen molar-refractivity contribution in [2.75, 3.05) is 33.0 Å². The number of ether oxygens (including phenoxy) is 3. The molecule has 0 radical (unpaired) electrons. The zero-order valence-electron chi connectivity index (χ0n) is 28.1. The topological polar surface area (TPSA) is 44.8 Å². The van der Waals surface area contributed by atoms with E-state index in [2.05, 4.69) is 13.8 Å². The van der Waals surface area contributed by atoms with Crippen LogP contribution in [0.15, 0.2) is 0 Å². The fraction of sp³-hybridized carbons (Fsp3) is 0.973. The SMILES string of the molecule is CCCCCCCCCCCCCCCCOCC(COCC=O)OCCCCCCCCCCCCCCCC. The van der Waals surface area contributed by atoms with Crippen molar-refractivity contribution in [3.05, 3.63) is 0 Å². The predicted molar refractivity (Wildman–Crippen MR) is 178 cm³/mol. The lowest BCUT2D eigenvalue weighted by molar-refractivity contribution is -0.114. The summed E-state index contributed by atoms with van der Waals surface area (Å²) in [5.41, 5.74) is 0. The summed E-state index contributed by atoms with van der Waals surface area (Å²) in [5, 5.41) is 0. The highest BCUT2D eigenvalue weighted by atomic mass is 16.6. The Labute approximate surface area is 257 Å². The van der Waals surface area contributed by atoms with Crippen LogP contribution in [-0.4, -0.2) is 45.4 Å². The lowest BCUT2D eigenvalue weighted by atomic mass is 10.0. The third-order valence-electron chi connectivity index (χ3n) is 8.29. The zero-order valence-corrected chi connectivity index (χ0v) is 28.1. The Balaban J connectivity index is 3.54. The number of carbonyl (C=O) groups excluding carboxylic acids is 1. The second-order valence-corrected chi connectivity index (χ2v) is 12.5. The second-order valence-electron chi connectivity index (χ2n) is 12.5. The van der Waals surface area contributed by atoms with Gasteiger partial charge in [-0.25, -0.2) is 0 Å². The summed E-state index contributed by atoms with van der Waals surface area (Å²) in [4.78, 5) is 10.6. The summed E-state index contributed by atoms with van der Waals surface area (Å²) in [7, 11) is 0. The maximum absolute atomic E-state index is 10.6. The van der Waals surface area contributed by atoms with Crippen LogP contribution in [0.25, 0.3) is 0 Å². The lowest BCUT2D eigenvalue weighted by Gasteiger charge is -2.18. The average molecular weight is 583 g/mol. The maximum atomic E-state index is 10.6. The number of rotatable bonds is 37. The molecule has 0 spiro atoms. The standard InChI is InChI=1S/C37H74O4/c1-3-5-7-9-11-13-15-17-19-21-23-25-27-29-32-39-35-37(36-40-34-31-38)41-33-30-28-26-24-22-20-18-16-14-12-10-8-6-4-2/h31,37H,3-30,32-36H2,1-2H3. The molecule has 0 N–H and O–H groups in total. The molecule has 0 aromatic heterocycles. The molecule has 0 aromatic carbocycles. The predicted octanol–water partition coefficient (Wildman–Crippen LogP) is 11.6. The van der Waals surface area contributed by atoms with Gasteiger partial charge in [0.2, 0.25) is 0 Å². The van der Waals surface area contributed by atoms with Gasteiger partial charge < -0.3 is 19.0 Å². The first-order chi connectivity index (χ1) is 20.3. The molecule has 0 aromatic rings. The molecule has 0 amide bonds. The summed E-state index contributed by atoms with van der Waals surface area (Å²) < 4.78 is 17.4. The minimum absolute atomic E-state index is 0.0661. The molecule has 0 aliphatic rings. The van der Waals surface area contributed by atoms with E-state index in [9.17, 15) is 4.79 Å².